The molecule has 12 heteroatoms. The first-order valence-corrected chi connectivity index (χ1v) is 17.2. The summed E-state index contributed by atoms with van der Waals surface area (Å²) in [6, 6.07) is -0.896. The number of aromatic nitrogens is 1. The van der Waals surface area contributed by atoms with Crippen molar-refractivity contribution >= 4 is 62.8 Å². The number of aliphatic imine (C=N–C) groups is 1. The van der Waals surface area contributed by atoms with Gasteiger partial charge < -0.3 is 15.4 Å². The van der Waals surface area contributed by atoms with Crippen LogP contribution in [0.3, 0.4) is 0 Å². The molecule has 1 aromatic rings. The van der Waals surface area contributed by atoms with Gasteiger partial charge in [-0.15, -0.1) is 23.1 Å². The third kappa shape index (κ3) is 32.6. The van der Waals surface area contributed by atoms with Crippen LogP contribution in [0, 0.1) is 5.92 Å². The molecular formula is C46H110N4O5S3. The van der Waals surface area contributed by atoms with Gasteiger partial charge in [0.05, 0.1) is 13.0 Å². The number of fused-ring (bicyclic) bond motifs is 4. The highest BCUT2D eigenvalue weighted by molar-refractivity contribution is 8.14. The highest BCUT2D eigenvalue weighted by Crippen LogP contribution is 2.32. The van der Waals surface area contributed by atoms with E-state index < -0.39 is 23.7 Å². The van der Waals surface area contributed by atoms with E-state index in [1.807, 2.05) is 25.3 Å². The number of nitrogens with one attached hydrogen (secondary N) is 2. The molecule has 2 amide bonds. The van der Waals surface area contributed by atoms with Crippen LogP contribution in [0.15, 0.2) is 22.5 Å². The first-order valence-electron chi connectivity index (χ1n) is 14.4. The summed E-state index contributed by atoms with van der Waals surface area (Å²) < 4.78 is 5.77. The minimum atomic E-state index is -1.04. The summed E-state index contributed by atoms with van der Waals surface area (Å²) in [4.78, 5) is 60.7. The van der Waals surface area contributed by atoms with Gasteiger partial charge in [0, 0.05) is 23.3 Å². The predicted octanol–water partition coefficient (Wildman–Crippen LogP) is 15.8. The number of cyclic esters (lactones) is 1. The molecule has 0 saturated carbocycles. The normalized spacial score (nSPS) is 16.8. The van der Waals surface area contributed by atoms with Crippen molar-refractivity contribution < 1.29 is 23.9 Å². The summed E-state index contributed by atoms with van der Waals surface area (Å²) in [5, 5.41) is 9.17. The molecule has 362 valence electrons. The van der Waals surface area contributed by atoms with Crippen LogP contribution in [0.5, 0.6) is 0 Å². The van der Waals surface area contributed by atoms with Crippen molar-refractivity contribution in [2.75, 3.05) is 11.5 Å². The largest absolute Gasteiger partial charge is 0.456 e. The number of hydrogen-bond donors (Lipinski definition) is 2. The van der Waals surface area contributed by atoms with Crippen LogP contribution >= 0.6 is 34.9 Å². The number of ether oxygens (including phenoxy) is 1. The van der Waals surface area contributed by atoms with Crippen LogP contribution in [-0.2, 0) is 30.5 Å². The lowest BCUT2D eigenvalue weighted by Crippen LogP contribution is -2.53. The van der Waals surface area contributed by atoms with Crippen LogP contribution < -0.4 is 10.6 Å². The van der Waals surface area contributed by atoms with Gasteiger partial charge in [-0.2, -0.15) is 0 Å². The predicted molar refractivity (Wildman–Crippen MR) is 282 cm³/mol. The first kappa shape index (κ1) is 101. The molecule has 1 aromatic heterocycles. The Bertz CT molecular complexity index is 1140. The Kier molecular flexibility index (Phi) is 88.5. The number of unbranched alkanes of at least 4 members (excludes halogenated alkanes) is 4. The molecule has 0 fully saturated rings. The van der Waals surface area contributed by atoms with E-state index in [0.717, 1.165) is 17.8 Å². The molecular weight excluding hydrogens is 785 g/mol. The molecule has 2 aliphatic heterocycles. The highest BCUT2D eigenvalue weighted by Gasteiger charge is 2.41. The van der Waals surface area contributed by atoms with Gasteiger partial charge in [0.25, 0.3) is 0 Å². The van der Waals surface area contributed by atoms with Crippen molar-refractivity contribution in [1.82, 2.24) is 15.6 Å². The number of allylic oxidation sites excluding steroid dienone is 1. The Morgan fingerprint density at radius 1 is 0.897 bits per heavy atom. The maximum absolute atomic E-state index is 13.3. The molecule has 0 aliphatic carbocycles. The fraction of sp³-hybridized carbons (Fsp3) is 0.783. The summed E-state index contributed by atoms with van der Waals surface area (Å²) in [5.74, 6) is -0.424. The summed E-state index contributed by atoms with van der Waals surface area (Å²) in [6.07, 6.45) is 9.42. The summed E-state index contributed by atoms with van der Waals surface area (Å²) in [5.41, 5.74) is -0.354. The smallest absolute Gasteiger partial charge is 0.329 e. The number of rotatable bonds is 11. The van der Waals surface area contributed by atoms with Crippen molar-refractivity contribution in [2.45, 2.75) is 230 Å². The lowest BCUT2D eigenvalue weighted by Gasteiger charge is -2.27. The quantitative estimate of drug-likeness (QED) is 0.128. The molecule has 3 rings (SSSR count). The van der Waals surface area contributed by atoms with Crippen LogP contribution in [0.25, 0.3) is 0 Å². The van der Waals surface area contributed by atoms with Crippen molar-refractivity contribution in [3.05, 3.63) is 28.2 Å². The Morgan fingerprint density at radius 3 is 1.98 bits per heavy atom. The topological polar surface area (TPSA) is 127 Å². The zero-order valence-corrected chi connectivity index (χ0v) is 26.9. The van der Waals surface area contributed by atoms with Crippen molar-refractivity contribution in [1.29, 1.82) is 0 Å². The average Bonchev–Trinajstić information content (AvgIpc) is 3.56. The molecule has 2 N–H and O–H groups in total. The third-order valence-corrected chi connectivity index (χ3v) is 9.87. The Hall–Kier alpha value is -2.18. The second kappa shape index (κ2) is 51.0. The second-order valence-corrected chi connectivity index (χ2v) is 13.9. The molecule has 3 atom stereocenters. The lowest BCUT2D eigenvalue weighted by molar-refractivity contribution is -0.153. The molecule has 58 heavy (non-hydrogen) atoms. The number of carbonyl (C=O) groups excluding carboxylic acids is 4. The molecule has 9 nitrogen and oxygen atoms in total. The minimum Gasteiger partial charge on any atom is -0.456 e. The molecule has 0 radical (unpaired) electrons. The van der Waals surface area contributed by atoms with Gasteiger partial charge in [0.15, 0.2) is 5.12 Å². The molecule has 3 heterocycles. The number of thioether (sulfide) groups is 2. The van der Waals surface area contributed by atoms with Gasteiger partial charge in [-0.3, -0.25) is 19.4 Å². The van der Waals surface area contributed by atoms with Gasteiger partial charge in [-0.1, -0.05) is 191 Å². The number of hydrogen-bond acceptors (Lipinski definition) is 10. The van der Waals surface area contributed by atoms with E-state index in [1.54, 1.807) is 13.0 Å². The van der Waals surface area contributed by atoms with Gasteiger partial charge in [-0.05, 0) is 31.8 Å². The fourth-order valence-corrected chi connectivity index (χ4v) is 6.96. The SMILES string of the molecule is C.C.C.C.C.C.C.C.C.C.C.C.C.C.C.C.C.CCCCCCCC(=O)SCC/C=C/[C@@H]1CC(=O)NCc2nc(cs2)C2=N[C@@](C)(CS2)C(=O)N[C@@H](C(C)C)C(=O)O1. The van der Waals surface area contributed by atoms with E-state index in [0.29, 0.717) is 35.1 Å². The Labute approximate surface area is 380 Å². The van der Waals surface area contributed by atoms with Crippen molar-refractivity contribution in [2.24, 2.45) is 10.9 Å². The Morgan fingerprint density at radius 2 is 1.45 bits per heavy atom. The van der Waals surface area contributed by atoms with Crippen LogP contribution in [0.2, 0.25) is 0 Å². The zero-order chi connectivity index (χ0) is 29.8. The highest BCUT2D eigenvalue weighted by atomic mass is 32.2. The van der Waals surface area contributed by atoms with Gasteiger partial charge >= 0.3 is 5.97 Å². The van der Waals surface area contributed by atoms with Gasteiger partial charge in [-0.25, -0.2) is 9.78 Å². The molecule has 4 bridgehead atoms. The second-order valence-electron chi connectivity index (χ2n) is 10.9. The minimum absolute atomic E-state index is 0. The summed E-state index contributed by atoms with van der Waals surface area (Å²) in [6.45, 7) is 7.83. The van der Waals surface area contributed by atoms with E-state index in [2.05, 4.69) is 27.5 Å². The maximum atomic E-state index is 13.3. The lowest BCUT2D eigenvalue weighted by atomic mass is 10.0. The van der Waals surface area contributed by atoms with Gasteiger partial charge in [0.2, 0.25) is 11.8 Å². The van der Waals surface area contributed by atoms with E-state index in [-0.39, 0.29) is 162 Å². The standard InChI is InChI=1S/C29H42N4O5S3.17CH4/c1-5-6-7-8-9-13-24(35)39-14-11-10-12-20-15-22(34)30-16-23-31-21(17-40-23)26-33-29(4,18-41-26)28(37)32-25(19(2)3)27(36)38-20;;;;;;;;;;;;;;;;;/h10,12,17,19-20,25H,5-9,11,13-16,18H2,1-4H3,(H,30,34)(H,32,37);17*1H4/b12-10+;;;;;;;;;;;;;;;;;/t20-,25+,29+;;;;;;;;;;;;;;;;;/m1................./s1. The van der Waals surface area contributed by atoms with Crippen LogP contribution in [0.1, 0.15) is 216 Å². The average molecular weight is 896 g/mol. The zero-order valence-electron chi connectivity index (χ0n) is 24.4. The van der Waals surface area contributed by atoms with Crippen molar-refractivity contribution in [3.63, 3.8) is 0 Å². The number of carbonyl (C=O) groups is 4. The van der Waals surface area contributed by atoms with E-state index in [1.165, 1.54) is 54.1 Å². The molecule has 0 spiro atoms. The van der Waals surface area contributed by atoms with Crippen LogP contribution in [0.4, 0.5) is 0 Å². The Balaban J connectivity index is -0.0000000837. The number of nitrogens with zero attached hydrogens (tertiary/aromatic N) is 2. The third-order valence-electron chi connectivity index (χ3n) is 6.78. The molecule has 0 aromatic carbocycles. The van der Waals surface area contributed by atoms with E-state index in [4.69, 9.17) is 4.74 Å². The van der Waals surface area contributed by atoms with Crippen LogP contribution in [-0.4, -0.2) is 62.1 Å². The number of esters is 1. The van der Waals surface area contributed by atoms with Crippen molar-refractivity contribution in [3.8, 4) is 0 Å². The van der Waals surface area contributed by atoms with E-state index >= 15 is 0 Å². The van der Waals surface area contributed by atoms with E-state index in [9.17, 15) is 19.2 Å². The summed E-state index contributed by atoms with van der Waals surface area (Å²) in [7, 11) is 0. The van der Waals surface area contributed by atoms with Gasteiger partial charge in [0.1, 0.15) is 33.4 Å². The molecule has 0 unspecified atom stereocenters. The number of thiazole rings is 1. The first-order chi connectivity index (χ1) is 19.6. The maximum Gasteiger partial charge on any atom is 0.329 e. The number of amides is 2. The summed E-state index contributed by atoms with van der Waals surface area (Å²) >= 11 is 4.18. The molecule has 0 saturated heterocycles. The monoisotopic (exact) mass is 895 g/mol. The fourth-order valence-electron chi connectivity index (χ4n) is 4.26. The molecule has 2 aliphatic rings.